The largest absolute Gasteiger partial charge is 0.480 e. The summed E-state index contributed by atoms with van der Waals surface area (Å²) in [4.78, 5) is 47.0. The fourth-order valence-electron chi connectivity index (χ4n) is 12.1. The number of phosphoric ester groups is 1. The van der Waals surface area contributed by atoms with Crippen LogP contribution in [0, 0.1) is 0 Å². The summed E-state index contributed by atoms with van der Waals surface area (Å²) in [6, 6.07) is -1.19. The number of methoxy groups -OCH3 is 2. The number of hydrogen-bond donors (Lipinski definition) is 5. The van der Waals surface area contributed by atoms with Crippen molar-refractivity contribution in [3.8, 4) is 0 Å². The van der Waals surface area contributed by atoms with Gasteiger partial charge in [0.25, 0.3) is 0 Å². The maximum atomic E-state index is 14.2. The SMILES string of the molecule is CCCCCC/C=C\CCCCCCCCCC(=O)N[C@H]1[C@H](OC[C@H]2O[C@H](OCC(=O)O)[C@H](OCCCCCCCCCCCCCC)[C@@H](OCCCCCCCCCCCC)[C@@H]2O)O[C@H](COC)[C@@H](OP(=O)(O)O)[C@@H]1OCC[C@@H](CCCCCCC)OC. The lowest BCUT2D eigenvalue weighted by Gasteiger charge is -2.47. The van der Waals surface area contributed by atoms with E-state index in [1.165, 1.54) is 129 Å². The van der Waals surface area contributed by atoms with E-state index in [0.717, 1.165) is 135 Å². The second-order valence-corrected chi connectivity index (χ2v) is 26.7. The number of phosphoric acid groups is 1. The predicted octanol–water partition coefficient (Wildman–Crippen LogP) is 16.1. The van der Waals surface area contributed by atoms with Crippen LogP contribution in [0.3, 0.4) is 0 Å². The fraction of sp³-hybridized carbons (Fsp3) is 0.943. The average Bonchev–Trinajstić information content (AvgIpc) is 1.05. The van der Waals surface area contributed by atoms with Gasteiger partial charge in [-0.2, -0.15) is 0 Å². The number of carbonyl (C=O) groups excluding carboxylic acids is 1. The Kier molecular flexibility index (Phi) is 53.2. The molecule has 0 unspecified atom stereocenters. The Morgan fingerprint density at radius 2 is 0.921 bits per heavy atom. The topological polar surface area (TPSA) is 236 Å². The van der Waals surface area contributed by atoms with E-state index >= 15 is 0 Å². The zero-order valence-electron chi connectivity index (χ0n) is 57.2. The molecule has 19 heteroatoms. The Morgan fingerprint density at radius 3 is 1.40 bits per heavy atom. The Morgan fingerprint density at radius 1 is 0.483 bits per heavy atom. The fourth-order valence-corrected chi connectivity index (χ4v) is 12.7. The minimum Gasteiger partial charge on any atom is -0.480 e. The zero-order chi connectivity index (χ0) is 64.8. The Hall–Kier alpha value is -1.61. The molecule has 0 aromatic heterocycles. The Labute approximate surface area is 541 Å². The van der Waals surface area contributed by atoms with Crippen LogP contribution < -0.4 is 5.32 Å². The monoisotopic (exact) mass is 1290 g/mol. The van der Waals surface area contributed by atoms with Gasteiger partial charge >= 0.3 is 13.8 Å². The molecule has 2 saturated heterocycles. The van der Waals surface area contributed by atoms with Crippen molar-refractivity contribution in [2.45, 2.75) is 371 Å². The van der Waals surface area contributed by atoms with E-state index in [2.05, 4.69) is 45.2 Å². The first-order valence-corrected chi connectivity index (χ1v) is 37.9. The first-order valence-electron chi connectivity index (χ1n) is 36.3. The summed E-state index contributed by atoms with van der Waals surface area (Å²) in [5.41, 5.74) is 0. The smallest absolute Gasteiger partial charge is 0.470 e. The van der Waals surface area contributed by atoms with Gasteiger partial charge in [0.05, 0.1) is 19.3 Å². The third-order valence-electron chi connectivity index (χ3n) is 17.5. The molecule has 0 saturated carbocycles. The van der Waals surface area contributed by atoms with Gasteiger partial charge in [0, 0.05) is 40.5 Å². The number of aliphatic hydroxyl groups is 1. The highest BCUT2D eigenvalue weighted by Crippen LogP contribution is 2.43. The number of aliphatic hydroxyl groups excluding tert-OH is 1. The van der Waals surface area contributed by atoms with Gasteiger partial charge in [-0.15, -0.1) is 0 Å². The number of unbranched alkanes of at least 4 members (excludes halogenated alkanes) is 35. The van der Waals surface area contributed by atoms with E-state index in [1.54, 1.807) is 7.11 Å². The molecule has 0 radical (unpaired) electrons. The first-order chi connectivity index (χ1) is 43.3. The van der Waals surface area contributed by atoms with Crippen molar-refractivity contribution in [2.24, 2.45) is 0 Å². The molecule has 0 spiro atoms. The van der Waals surface area contributed by atoms with Crippen LogP contribution in [0.25, 0.3) is 0 Å². The van der Waals surface area contributed by atoms with Crippen LogP contribution >= 0.6 is 7.82 Å². The number of nitrogens with one attached hydrogen (secondary N) is 1. The molecule has 2 fully saturated rings. The molecule has 5 N–H and O–H groups in total. The van der Waals surface area contributed by atoms with Gasteiger partial charge in [-0.3, -0.25) is 9.32 Å². The number of carboxylic acid groups (broad SMARTS) is 1. The minimum atomic E-state index is -5.20. The summed E-state index contributed by atoms with van der Waals surface area (Å²) in [7, 11) is -2.12. The molecule has 89 heavy (non-hydrogen) atoms. The molecule has 1 amide bonds. The molecule has 2 aliphatic heterocycles. The molecule has 0 aromatic rings. The highest BCUT2D eigenvalue weighted by molar-refractivity contribution is 7.46. The minimum absolute atomic E-state index is 0.0824. The van der Waals surface area contributed by atoms with Crippen LogP contribution in [0.4, 0.5) is 0 Å². The molecular formula is C70H134NO17P. The van der Waals surface area contributed by atoms with E-state index < -0.39 is 81.7 Å². The molecule has 0 aliphatic carbocycles. The molecule has 0 aromatic carbocycles. The second-order valence-electron chi connectivity index (χ2n) is 25.5. The van der Waals surface area contributed by atoms with E-state index in [0.29, 0.717) is 26.1 Å². The highest BCUT2D eigenvalue weighted by Gasteiger charge is 2.53. The van der Waals surface area contributed by atoms with Gasteiger partial charge in [0.15, 0.2) is 12.6 Å². The van der Waals surface area contributed by atoms with Crippen LogP contribution in [0.2, 0.25) is 0 Å². The van der Waals surface area contributed by atoms with E-state index in [-0.39, 0.29) is 38.3 Å². The third-order valence-corrected chi connectivity index (χ3v) is 18.0. The predicted molar refractivity (Wildman–Crippen MR) is 354 cm³/mol. The number of carbonyl (C=O) groups is 2. The summed E-state index contributed by atoms with van der Waals surface area (Å²) in [6.07, 6.45) is 40.2. The lowest BCUT2D eigenvalue weighted by molar-refractivity contribution is -0.330. The summed E-state index contributed by atoms with van der Waals surface area (Å²) >= 11 is 0. The molecule has 526 valence electrons. The quantitative estimate of drug-likeness (QED) is 0.0216. The molecule has 0 bridgehead atoms. The van der Waals surface area contributed by atoms with Gasteiger partial charge in [0.1, 0.15) is 55.4 Å². The summed E-state index contributed by atoms with van der Waals surface area (Å²) in [5, 5.41) is 25.3. The molecule has 2 rings (SSSR count). The number of carboxylic acids is 1. The van der Waals surface area contributed by atoms with Crippen LogP contribution in [0.1, 0.15) is 304 Å². The third kappa shape index (κ3) is 42.4. The molecule has 18 nitrogen and oxygen atoms in total. The van der Waals surface area contributed by atoms with Gasteiger partial charge in [-0.1, -0.05) is 252 Å². The van der Waals surface area contributed by atoms with Crippen molar-refractivity contribution in [2.75, 3.05) is 53.9 Å². The zero-order valence-corrected chi connectivity index (χ0v) is 58.1. The normalized spacial score (nSPS) is 22.8. The van der Waals surface area contributed by atoms with Crippen molar-refractivity contribution in [1.82, 2.24) is 5.32 Å². The van der Waals surface area contributed by atoms with Crippen molar-refractivity contribution >= 4 is 19.7 Å². The number of allylic oxidation sites excluding steroid dienone is 2. The Balaban J connectivity index is 2.38. The van der Waals surface area contributed by atoms with Gasteiger partial charge in [-0.05, 0) is 57.8 Å². The summed E-state index contributed by atoms with van der Waals surface area (Å²) in [5.74, 6) is -1.55. The first kappa shape index (κ1) is 83.5. The molecular weight excluding hydrogens is 1160 g/mol. The Bertz CT molecular complexity index is 1710. The van der Waals surface area contributed by atoms with Gasteiger partial charge in [-0.25, -0.2) is 9.36 Å². The van der Waals surface area contributed by atoms with Crippen LogP contribution in [0.5, 0.6) is 0 Å². The number of aliphatic carboxylic acids is 1. The maximum absolute atomic E-state index is 14.2. The number of amides is 1. The van der Waals surface area contributed by atoms with Crippen molar-refractivity contribution in [3.63, 3.8) is 0 Å². The second kappa shape index (κ2) is 56.7. The van der Waals surface area contributed by atoms with E-state index in [9.17, 15) is 34.2 Å². The van der Waals surface area contributed by atoms with Crippen LogP contribution in [-0.2, 0) is 61.3 Å². The van der Waals surface area contributed by atoms with Crippen LogP contribution in [-0.4, -0.2) is 153 Å². The average molecular weight is 1290 g/mol. The summed E-state index contributed by atoms with van der Waals surface area (Å²) in [6.45, 7) is 8.34. The summed E-state index contributed by atoms with van der Waals surface area (Å²) < 4.78 is 74.9. The van der Waals surface area contributed by atoms with Crippen molar-refractivity contribution in [3.05, 3.63) is 12.2 Å². The van der Waals surface area contributed by atoms with Crippen LogP contribution in [0.15, 0.2) is 12.2 Å². The number of hydrogen-bond acceptors (Lipinski definition) is 14. The van der Waals surface area contributed by atoms with Crippen molar-refractivity contribution in [1.29, 1.82) is 0 Å². The number of ether oxygens (including phenoxy) is 9. The molecule has 11 atom stereocenters. The van der Waals surface area contributed by atoms with Crippen molar-refractivity contribution < 1.29 is 81.3 Å². The van der Waals surface area contributed by atoms with E-state index in [1.807, 2.05) is 0 Å². The molecule has 2 aliphatic rings. The highest BCUT2D eigenvalue weighted by atomic mass is 31.2. The standard InChI is InChI=1S/C70H134NO17P/c1-7-11-15-19-22-25-28-30-31-32-33-35-38-42-46-50-61(72)71-63-66(83-54-51-58(80-6)49-45-41-18-14-10-4)65(88-89(76,77)78)60(55-79-5)87-69(63)84-56-59-64(75)67(81-52-47-43-39-36-27-24-21-17-13-9-3)68(70(86-59)85-57-62(73)74)82-53-48-44-40-37-34-29-26-23-20-16-12-8-2/h25,28,58-60,63-70,75H,7-24,26-27,29-57H2,1-6H3,(H,71,72)(H,73,74)(H2,76,77,78)/b28-25-/t58-,59-,60-,63-,64-,65-,66-,67+,68-,69-,70+/m1/s1. The lowest BCUT2D eigenvalue weighted by Crippen LogP contribution is -2.67. The van der Waals surface area contributed by atoms with Gasteiger partial charge < -0.3 is 67.9 Å². The van der Waals surface area contributed by atoms with E-state index in [4.69, 9.17) is 47.2 Å². The molecule has 2 heterocycles. The maximum Gasteiger partial charge on any atom is 0.470 e. The van der Waals surface area contributed by atoms with Gasteiger partial charge in [0.2, 0.25) is 5.91 Å². The lowest BCUT2D eigenvalue weighted by atomic mass is 9.95. The number of rotatable bonds is 63.